The molecule has 2 bridgehead atoms. The fraction of sp³-hybridized carbons (Fsp3) is 0.625. The van der Waals surface area contributed by atoms with Crippen LogP contribution in [0.3, 0.4) is 0 Å². The number of nitrogen functional groups attached to an aromatic ring is 1. The predicted octanol–water partition coefficient (Wildman–Crippen LogP) is 2.76. The molecular formula is C16H24N2O2S. The first-order valence-electron chi connectivity index (χ1n) is 7.55. The van der Waals surface area contributed by atoms with E-state index in [1.165, 1.54) is 12.5 Å². The second kappa shape index (κ2) is 4.46. The van der Waals surface area contributed by atoms with Crippen molar-refractivity contribution in [3.63, 3.8) is 0 Å². The van der Waals surface area contributed by atoms with E-state index in [4.69, 9.17) is 5.73 Å². The van der Waals surface area contributed by atoms with E-state index in [1.807, 2.05) is 0 Å². The average molecular weight is 308 g/mol. The molecule has 0 saturated heterocycles. The molecule has 0 aromatic heterocycles. The van der Waals surface area contributed by atoms with E-state index in [1.54, 1.807) is 18.2 Å². The second-order valence-electron chi connectivity index (χ2n) is 7.36. The van der Waals surface area contributed by atoms with Gasteiger partial charge in [-0.05, 0) is 54.2 Å². The highest BCUT2D eigenvalue weighted by molar-refractivity contribution is 7.89. The SMILES string of the molecule is CC1(C)C2CCC1(C)C(NS(=O)(=O)c1cccc(N)c1)C2. The average Bonchev–Trinajstić information content (AvgIpc) is 2.71. The lowest BCUT2D eigenvalue weighted by Crippen LogP contribution is -2.46. The Balaban J connectivity index is 1.88. The molecule has 4 nitrogen and oxygen atoms in total. The van der Waals surface area contributed by atoms with Crippen molar-refractivity contribution in [2.75, 3.05) is 5.73 Å². The number of sulfonamides is 1. The fourth-order valence-electron chi connectivity index (χ4n) is 4.32. The van der Waals surface area contributed by atoms with Gasteiger partial charge in [-0.3, -0.25) is 0 Å². The Labute approximate surface area is 127 Å². The largest absolute Gasteiger partial charge is 0.399 e. The first-order chi connectivity index (χ1) is 9.67. The third kappa shape index (κ3) is 2.09. The number of nitrogens with one attached hydrogen (secondary N) is 1. The molecule has 1 aromatic carbocycles. The van der Waals surface area contributed by atoms with Crippen molar-refractivity contribution < 1.29 is 8.42 Å². The van der Waals surface area contributed by atoms with Gasteiger partial charge in [0, 0.05) is 11.7 Å². The van der Waals surface area contributed by atoms with Crippen LogP contribution in [0, 0.1) is 16.7 Å². The van der Waals surface area contributed by atoms with Crippen LogP contribution < -0.4 is 10.5 Å². The van der Waals surface area contributed by atoms with E-state index in [-0.39, 0.29) is 21.8 Å². The van der Waals surface area contributed by atoms with Crippen LogP contribution in [0.15, 0.2) is 29.2 Å². The molecule has 116 valence electrons. The van der Waals surface area contributed by atoms with Crippen molar-refractivity contribution in [1.29, 1.82) is 0 Å². The third-order valence-electron chi connectivity index (χ3n) is 6.26. The van der Waals surface area contributed by atoms with E-state index in [9.17, 15) is 8.42 Å². The molecule has 2 aliphatic rings. The number of anilines is 1. The molecule has 3 N–H and O–H groups in total. The molecule has 0 spiro atoms. The molecule has 5 heteroatoms. The Morgan fingerprint density at radius 3 is 2.52 bits per heavy atom. The van der Waals surface area contributed by atoms with E-state index in [0.29, 0.717) is 11.6 Å². The van der Waals surface area contributed by atoms with E-state index in [2.05, 4.69) is 25.5 Å². The Morgan fingerprint density at radius 1 is 1.29 bits per heavy atom. The highest BCUT2D eigenvalue weighted by Gasteiger charge is 2.61. The van der Waals surface area contributed by atoms with Crippen LogP contribution in [0.2, 0.25) is 0 Å². The highest BCUT2D eigenvalue weighted by atomic mass is 32.2. The first kappa shape index (κ1) is 14.9. The zero-order valence-electron chi connectivity index (χ0n) is 12.9. The van der Waals surface area contributed by atoms with Crippen LogP contribution in [0.25, 0.3) is 0 Å². The number of nitrogens with two attached hydrogens (primary N) is 1. The van der Waals surface area contributed by atoms with Gasteiger partial charge in [0.15, 0.2) is 0 Å². The monoisotopic (exact) mass is 308 g/mol. The number of hydrogen-bond donors (Lipinski definition) is 2. The molecule has 3 unspecified atom stereocenters. The molecule has 0 heterocycles. The minimum absolute atomic E-state index is 0.0117. The Morgan fingerprint density at radius 2 is 2.00 bits per heavy atom. The minimum Gasteiger partial charge on any atom is -0.399 e. The maximum absolute atomic E-state index is 12.6. The number of benzene rings is 1. The van der Waals surface area contributed by atoms with Gasteiger partial charge in [-0.15, -0.1) is 0 Å². The molecule has 2 fully saturated rings. The Kier molecular flexibility index (Phi) is 3.16. The standard InChI is InChI=1S/C16H24N2O2S/c1-15(2)11-7-8-16(15,3)14(9-11)18-21(19,20)13-6-4-5-12(17)10-13/h4-6,10-11,14,18H,7-9,17H2,1-3H3. The zero-order valence-corrected chi connectivity index (χ0v) is 13.7. The Hall–Kier alpha value is -1.07. The molecule has 0 radical (unpaired) electrons. The van der Waals surface area contributed by atoms with Crippen molar-refractivity contribution in [3.05, 3.63) is 24.3 Å². The van der Waals surface area contributed by atoms with Gasteiger partial charge in [-0.1, -0.05) is 26.8 Å². The summed E-state index contributed by atoms with van der Waals surface area (Å²) in [6.07, 6.45) is 3.24. The molecule has 3 atom stereocenters. The van der Waals surface area contributed by atoms with Crippen molar-refractivity contribution in [3.8, 4) is 0 Å². The topological polar surface area (TPSA) is 72.2 Å². The van der Waals surface area contributed by atoms with Crippen molar-refractivity contribution in [1.82, 2.24) is 4.72 Å². The quantitative estimate of drug-likeness (QED) is 0.843. The zero-order chi connectivity index (χ0) is 15.5. The summed E-state index contributed by atoms with van der Waals surface area (Å²) in [7, 11) is -3.51. The fourth-order valence-corrected chi connectivity index (χ4v) is 5.73. The molecule has 2 aliphatic carbocycles. The van der Waals surface area contributed by atoms with Gasteiger partial charge >= 0.3 is 0 Å². The van der Waals surface area contributed by atoms with Crippen LogP contribution in [0.5, 0.6) is 0 Å². The second-order valence-corrected chi connectivity index (χ2v) is 9.07. The van der Waals surface area contributed by atoms with Crippen molar-refractivity contribution in [2.45, 2.75) is 51.0 Å². The van der Waals surface area contributed by atoms with Gasteiger partial charge in [0.05, 0.1) is 4.90 Å². The smallest absolute Gasteiger partial charge is 0.240 e. The molecule has 2 saturated carbocycles. The maximum atomic E-state index is 12.6. The molecule has 0 aliphatic heterocycles. The summed E-state index contributed by atoms with van der Waals surface area (Å²) in [4.78, 5) is 0.256. The molecular weight excluding hydrogens is 284 g/mol. The van der Waals surface area contributed by atoms with Crippen LogP contribution in [0.1, 0.15) is 40.0 Å². The van der Waals surface area contributed by atoms with Gasteiger partial charge in [0.25, 0.3) is 0 Å². The van der Waals surface area contributed by atoms with E-state index < -0.39 is 10.0 Å². The van der Waals surface area contributed by atoms with Gasteiger partial charge in [-0.25, -0.2) is 13.1 Å². The Bertz CT molecular complexity index is 669. The lowest BCUT2D eigenvalue weighted by atomic mass is 9.69. The number of rotatable bonds is 3. The maximum Gasteiger partial charge on any atom is 0.240 e. The van der Waals surface area contributed by atoms with Crippen molar-refractivity contribution >= 4 is 15.7 Å². The van der Waals surface area contributed by atoms with Crippen LogP contribution in [-0.4, -0.2) is 14.5 Å². The van der Waals surface area contributed by atoms with Crippen LogP contribution >= 0.6 is 0 Å². The summed E-state index contributed by atoms with van der Waals surface area (Å²) < 4.78 is 28.1. The molecule has 0 amide bonds. The summed E-state index contributed by atoms with van der Waals surface area (Å²) in [5.41, 5.74) is 6.39. The number of hydrogen-bond acceptors (Lipinski definition) is 3. The van der Waals surface area contributed by atoms with E-state index in [0.717, 1.165) is 12.8 Å². The normalized spacial score (nSPS) is 34.2. The van der Waals surface area contributed by atoms with Crippen molar-refractivity contribution in [2.24, 2.45) is 16.7 Å². The third-order valence-corrected chi connectivity index (χ3v) is 7.73. The van der Waals surface area contributed by atoms with Gasteiger partial charge < -0.3 is 5.73 Å². The lowest BCUT2D eigenvalue weighted by molar-refractivity contribution is 0.130. The summed E-state index contributed by atoms with van der Waals surface area (Å²) in [6, 6.07) is 6.50. The summed E-state index contributed by atoms with van der Waals surface area (Å²) in [5.74, 6) is 0.607. The molecule has 21 heavy (non-hydrogen) atoms. The lowest BCUT2D eigenvalue weighted by Gasteiger charge is -2.39. The van der Waals surface area contributed by atoms with Crippen LogP contribution in [0.4, 0.5) is 5.69 Å². The molecule has 3 rings (SSSR count). The van der Waals surface area contributed by atoms with Crippen LogP contribution in [-0.2, 0) is 10.0 Å². The predicted molar refractivity (Wildman–Crippen MR) is 84.2 cm³/mol. The summed E-state index contributed by atoms with van der Waals surface area (Å²) >= 11 is 0. The van der Waals surface area contributed by atoms with Gasteiger partial charge in [-0.2, -0.15) is 0 Å². The summed E-state index contributed by atoms with van der Waals surface area (Å²) in [6.45, 7) is 6.78. The van der Waals surface area contributed by atoms with E-state index >= 15 is 0 Å². The van der Waals surface area contributed by atoms with Gasteiger partial charge in [0.1, 0.15) is 0 Å². The minimum atomic E-state index is -3.51. The first-order valence-corrected chi connectivity index (χ1v) is 9.03. The van der Waals surface area contributed by atoms with Gasteiger partial charge in [0.2, 0.25) is 10.0 Å². The number of fused-ring (bicyclic) bond motifs is 2. The molecule has 1 aromatic rings. The summed E-state index contributed by atoms with van der Waals surface area (Å²) in [5, 5.41) is 0. The highest BCUT2D eigenvalue weighted by Crippen LogP contribution is 2.65.